The second-order valence-electron chi connectivity index (χ2n) is 1.67. The highest BCUT2D eigenvalue weighted by Gasteiger charge is 2.17. The van der Waals surface area contributed by atoms with Crippen LogP contribution < -0.4 is 10.9 Å². The first-order chi connectivity index (χ1) is 4.97. The van der Waals surface area contributed by atoms with E-state index in [1.54, 1.807) is 0 Å². The smallest absolute Gasteiger partial charge is 0.132 e. The molecule has 2 aliphatic rings. The topological polar surface area (TPSA) is 80.0 Å². The fraction of sp³-hybridized carbons (Fsp3) is 1.00. The molecule has 54 valence electrons. The molecule has 0 amide bonds. The monoisotopic (exact) mass is 142 g/mol. The van der Waals surface area contributed by atoms with E-state index >= 15 is 0 Å². The summed E-state index contributed by atoms with van der Waals surface area (Å²) in [5.74, 6) is 0. The number of nitrogens with one attached hydrogen (secondary N) is 2. The number of rotatable bonds is 1. The fourth-order valence-electron chi connectivity index (χ4n) is 0.646. The van der Waals surface area contributed by atoms with Crippen molar-refractivity contribution >= 4 is 0 Å². The molecule has 0 aromatic heterocycles. The molecule has 0 fully saturated rings. The molecule has 0 bridgehead atoms. The number of nitrogens with zero attached hydrogens (tertiary/aromatic N) is 6. The van der Waals surface area contributed by atoms with Crippen molar-refractivity contribution in [2.45, 2.75) is 0 Å². The minimum absolute atomic E-state index is 0.480. The standard InChI is InChI=1S/C2H6N8/c1-3-7-9(5-1)10-6-2-4-8-10/h5-6H,1-2H2. The molecule has 0 saturated carbocycles. The highest BCUT2D eigenvalue weighted by Crippen LogP contribution is 2.02. The molecule has 0 aromatic rings. The molecule has 0 aromatic carbocycles. The molecule has 0 radical (unpaired) electrons. The average Bonchev–Trinajstić information content (AvgIpc) is 2.59. The Morgan fingerprint density at radius 3 is 1.70 bits per heavy atom. The van der Waals surface area contributed by atoms with Crippen molar-refractivity contribution in [2.24, 2.45) is 20.7 Å². The van der Waals surface area contributed by atoms with E-state index in [9.17, 15) is 0 Å². The van der Waals surface area contributed by atoms with Crippen molar-refractivity contribution in [3.63, 3.8) is 0 Å². The summed E-state index contributed by atoms with van der Waals surface area (Å²) < 4.78 is 0. The Bertz CT molecular complexity index is 152. The van der Waals surface area contributed by atoms with Crippen molar-refractivity contribution in [1.82, 2.24) is 21.3 Å². The van der Waals surface area contributed by atoms with E-state index in [1.807, 2.05) is 0 Å². The summed E-state index contributed by atoms with van der Waals surface area (Å²) in [6.45, 7) is 0.960. The van der Waals surface area contributed by atoms with Crippen LogP contribution in [-0.4, -0.2) is 23.8 Å². The van der Waals surface area contributed by atoms with Crippen LogP contribution in [-0.2, 0) is 0 Å². The van der Waals surface area contributed by atoms with E-state index in [2.05, 4.69) is 31.5 Å². The summed E-state index contributed by atoms with van der Waals surface area (Å²) in [6, 6.07) is 0. The lowest BCUT2D eigenvalue weighted by Gasteiger charge is -2.18. The van der Waals surface area contributed by atoms with Gasteiger partial charge in [-0.2, -0.15) is 21.1 Å². The maximum atomic E-state index is 3.67. The molecule has 2 N–H and O–H groups in total. The predicted octanol–water partition coefficient (Wildman–Crippen LogP) is -0.809. The van der Waals surface area contributed by atoms with Gasteiger partial charge in [0.1, 0.15) is 13.3 Å². The van der Waals surface area contributed by atoms with Crippen LogP contribution in [0, 0.1) is 0 Å². The average molecular weight is 142 g/mol. The second kappa shape index (κ2) is 2.15. The molecule has 2 heterocycles. The fourth-order valence-corrected chi connectivity index (χ4v) is 0.646. The zero-order chi connectivity index (χ0) is 6.81. The van der Waals surface area contributed by atoms with Crippen LogP contribution in [0.25, 0.3) is 0 Å². The van der Waals surface area contributed by atoms with E-state index in [-0.39, 0.29) is 0 Å². The molecular formula is C2H6N8. The van der Waals surface area contributed by atoms with Crippen molar-refractivity contribution < 1.29 is 0 Å². The van der Waals surface area contributed by atoms with Crippen LogP contribution in [0.1, 0.15) is 0 Å². The first-order valence-corrected chi connectivity index (χ1v) is 2.79. The van der Waals surface area contributed by atoms with Crippen LogP contribution in [0.5, 0.6) is 0 Å². The molecule has 8 nitrogen and oxygen atoms in total. The molecule has 2 aliphatic heterocycles. The van der Waals surface area contributed by atoms with E-state index in [1.165, 1.54) is 10.5 Å². The molecule has 8 heteroatoms. The second-order valence-corrected chi connectivity index (χ2v) is 1.67. The minimum Gasteiger partial charge on any atom is -0.170 e. The Balaban J connectivity index is 1.98. The lowest BCUT2D eigenvalue weighted by molar-refractivity contribution is -0.0864. The first-order valence-electron chi connectivity index (χ1n) is 2.79. The Kier molecular flexibility index (Phi) is 1.19. The lowest BCUT2D eigenvalue weighted by atomic mass is 11.2. The van der Waals surface area contributed by atoms with Gasteiger partial charge in [0.15, 0.2) is 0 Å². The Labute approximate surface area is 56.5 Å². The van der Waals surface area contributed by atoms with Crippen LogP contribution in [0.3, 0.4) is 0 Å². The number of hydrogen-bond donors (Lipinski definition) is 2. The van der Waals surface area contributed by atoms with Gasteiger partial charge in [-0.25, -0.2) is 0 Å². The van der Waals surface area contributed by atoms with Gasteiger partial charge in [-0.05, 0) is 10.4 Å². The molecule has 0 atom stereocenters. The molecule has 0 aliphatic carbocycles. The van der Waals surface area contributed by atoms with Crippen molar-refractivity contribution in [2.75, 3.05) is 13.3 Å². The van der Waals surface area contributed by atoms with E-state index < -0.39 is 0 Å². The van der Waals surface area contributed by atoms with Crippen molar-refractivity contribution in [3.05, 3.63) is 0 Å². The van der Waals surface area contributed by atoms with E-state index in [4.69, 9.17) is 0 Å². The SMILES string of the molecule is C1N=NN(N2N=NCN2)N1. The van der Waals surface area contributed by atoms with Gasteiger partial charge in [-0.3, -0.25) is 0 Å². The minimum atomic E-state index is 0.480. The summed E-state index contributed by atoms with van der Waals surface area (Å²) in [5.41, 5.74) is 5.62. The maximum Gasteiger partial charge on any atom is 0.132 e. The summed E-state index contributed by atoms with van der Waals surface area (Å²) in [6.07, 6.45) is 0. The van der Waals surface area contributed by atoms with Gasteiger partial charge in [0, 0.05) is 0 Å². The van der Waals surface area contributed by atoms with Crippen LogP contribution >= 0.6 is 0 Å². The summed E-state index contributed by atoms with van der Waals surface area (Å²) in [4.78, 5) is 0. The van der Waals surface area contributed by atoms with E-state index in [0.29, 0.717) is 13.3 Å². The van der Waals surface area contributed by atoms with Crippen molar-refractivity contribution in [1.29, 1.82) is 0 Å². The molecular weight excluding hydrogens is 136 g/mol. The summed E-state index contributed by atoms with van der Waals surface area (Å²) in [5, 5.41) is 17.4. The zero-order valence-corrected chi connectivity index (χ0v) is 5.10. The van der Waals surface area contributed by atoms with Gasteiger partial charge in [0.2, 0.25) is 0 Å². The first kappa shape index (κ1) is 5.50. The summed E-state index contributed by atoms with van der Waals surface area (Å²) >= 11 is 0. The predicted molar refractivity (Wildman–Crippen MR) is 29.4 cm³/mol. The van der Waals surface area contributed by atoms with Gasteiger partial charge in [-0.1, -0.05) is 10.5 Å². The quantitative estimate of drug-likeness (QED) is 0.501. The Morgan fingerprint density at radius 1 is 0.900 bits per heavy atom. The largest absolute Gasteiger partial charge is 0.170 e. The third-order valence-corrected chi connectivity index (χ3v) is 1.04. The van der Waals surface area contributed by atoms with Gasteiger partial charge in [0.05, 0.1) is 0 Å². The highest BCUT2D eigenvalue weighted by atomic mass is 16.1. The van der Waals surface area contributed by atoms with Gasteiger partial charge >= 0.3 is 0 Å². The third kappa shape index (κ3) is 0.786. The molecule has 2 rings (SSSR count). The normalized spacial score (nSPS) is 23.2. The summed E-state index contributed by atoms with van der Waals surface area (Å²) in [7, 11) is 0. The van der Waals surface area contributed by atoms with Crippen molar-refractivity contribution in [3.8, 4) is 0 Å². The Hall–Kier alpha value is -1.28. The third-order valence-electron chi connectivity index (χ3n) is 1.04. The molecule has 10 heavy (non-hydrogen) atoms. The number of hydrazine groups is 3. The van der Waals surface area contributed by atoms with E-state index in [0.717, 1.165) is 0 Å². The molecule has 0 saturated heterocycles. The maximum absolute atomic E-state index is 3.67. The van der Waals surface area contributed by atoms with Gasteiger partial charge in [-0.15, -0.1) is 0 Å². The van der Waals surface area contributed by atoms with Crippen LogP contribution in [0.15, 0.2) is 20.7 Å². The van der Waals surface area contributed by atoms with Crippen LogP contribution in [0.2, 0.25) is 0 Å². The lowest BCUT2D eigenvalue weighted by Crippen LogP contribution is -2.46. The van der Waals surface area contributed by atoms with Gasteiger partial charge < -0.3 is 0 Å². The number of hydrogen-bond acceptors (Lipinski definition) is 8. The van der Waals surface area contributed by atoms with Crippen LogP contribution in [0.4, 0.5) is 0 Å². The van der Waals surface area contributed by atoms with Gasteiger partial charge in [0.25, 0.3) is 0 Å². The Morgan fingerprint density at radius 2 is 1.40 bits per heavy atom. The highest BCUT2D eigenvalue weighted by molar-refractivity contribution is 4.45. The molecule has 0 spiro atoms. The molecule has 0 unspecified atom stereocenters. The zero-order valence-electron chi connectivity index (χ0n) is 5.10.